The van der Waals surface area contributed by atoms with Gasteiger partial charge in [-0.1, -0.05) is 0 Å². The maximum atomic E-state index is 12.4. The van der Waals surface area contributed by atoms with Gasteiger partial charge in [-0.05, 0) is 60.4 Å². The molecule has 7 nitrogen and oxygen atoms in total. The second-order valence-corrected chi connectivity index (χ2v) is 8.76. The number of sulfonamides is 1. The van der Waals surface area contributed by atoms with E-state index < -0.39 is 10.0 Å². The Balaban J connectivity index is 1.77. The smallest absolute Gasteiger partial charge is 0.229 e. The van der Waals surface area contributed by atoms with Crippen LogP contribution in [0.3, 0.4) is 0 Å². The summed E-state index contributed by atoms with van der Waals surface area (Å²) in [5, 5.41) is 2.86. The number of likely N-dealkylation sites (tertiary alicyclic amines) is 1. The molecule has 1 aliphatic rings. The number of carbonyl (C=O) groups excluding carboxylic acids is 1. The van der Waals surface area contributed by atoms with Gasteiger partial charge in [-0.2, -0.15) is 0 Å². The highest BCUT2D eigenvalue weighted by Crippen LogP contribution is 2.19. The van der Waals surface area contributed by atoms with Gasteiger partial charge >= 0.3 is 0 Å². The van der Waals surface area contributed by atoms with E-state index in [0.717, 1.165) is 43.1 Å². The van der Waals surface area contributed by atoms with E-state index >= 15 is 0 Å². The Bertz CT molecular complexity index is 651. The van der Waals surface area contributed by atoms with E-state index in [1.807, 2.05) is 6.07 Å². The molecule has 1 fully saturated rings. The molecule has 0 aliphatic carbocycles. The second-order valence-electron chi connectivity index (χ2n) is 6.01. The summed E-state index contributed by atoms with van der Waals surface area (Å²) in [6, 6.07) is 3.60. The van der Waals surface area contributed by atoms with E-state index in [2.05, 4.69) is 35.9 Å². The zero-order chi connectivity index (χ0) is 17.6. The molecule has 0 spiro atoms. The molecule has 24 heavy (non-hydrogen) atoms. The van der Waals surface area contributed by atoms with Gasteiger partial charge in [0.05, 0.1) is 12.2 Å². The summed E-state index contributed by atoms with van der Waals surface area (Å²) in [5.74, 6) is 0.480. The number of amides is 1. The normalized spacial score (nSPS) is 19.2. The van der Waals surface area contributed by atoms with E-state index in [1.165, 1.54) is 0 Å². The van der Waals surface area contributed by atoms with Gasteiger partial charge in [0, 0.05) is 23.8 Å². The monoisotopic (exact) mass is 418 g/mol. The Morgan fingerprint density at radius 1 is 1.46 bits per heavy atom. The molecule has 1 amide bonds. The predicted octanol–water partition coefficient (Wildman–Crippen LogP) is 1.43. The van der Waals surface area contributed by atoms with Crippen LogP contribution in [0.2, 0.25) is 0 Å². The van der Waals surface area contributed by atoms with Crippen LogP contribution < -0.4 is 10.0 Å². The SMILES string of the molecule is CS(=O)(=O)NCCCN1CCCC(C(=O)Nc2ccc(Br)cn2)C1. The highest BCUT2D eigenvalue weighted by atomic mass is 79.9. The molecule has 0 aromatic carbocycles. The van der Waals surface area contributed by atoms with Crippen molar-refractivity contribution in [3.05, 3.63) is 22.8 Å². The quantitative estimate of drug-likeness (QED) is 0.653. The number of halogens is 1. The third-order valence-electron chi connectivity index (χ3n) is 3.87. The van der Waals surface area contributed by atoms with E-state index in [0.29, 0.717) is 18.9 Å². The maximum absolute atomic E-state index is 12.4. The lowest BCUT2D eigenvalue weighted by molar-refractivity contribution is -0.121. The average Bonchev–Trinajstić information content (AvgIpc) is 2.53. The van der Waals surface area contributed by atoms with Crippen molar-refractivity contribution >= 4 is 37.7 Å². The molecular formula is C15H23BrN4O3S. The average molecular weight is 419 g/mol. The van der Waals surface area contributed by atoms with Crippen molar-refractivity contribution in [1.82, 2.24) is 14.6 Å². The van der Waals surface area contributed by atoms with Crippen LogP contribution >= 0.6 is 15.9 Å². The standard InChI is InChI=1S/C15H23BrN4O3S/c1-24(22,23)18-7-3-9-20-8-2-4-12(11-20)15(21)19-14-6-5-13(16)10-17-14/h5-6,10,12,18H,2-4,7-9,11H2,1H3,(H,17,19,21). The summed E-state index contributed by atoms with van der Waals surface area (Å²) >= 11 is 3.31. The number of nitrogens with one attached hydrogen (secondary N) is 2. The van der Waals surface area contributed by atoms with Crippen LogP contribution in [0.25, 0.3) is 0 Å². The van der Waals surface area contributed by atoms with Crippen molar-refractivity contribution in [1.29, 1.82) is 0 Å². The van der Waals surface area contributed by atoms with Crippen molar-refractivity contribution < 1.29 is 13.2 Å². The van der Waals surface area contributed by atoms with Gasteiger partial charge < -0.3 is 10.2 Å². The van der Waals surface area contributed by atoms with Gasteiger partial charge in [0.1, 0.15) is 5.82 Å². The minimum absolute atomic E-state index is 0.0104. The van der Waals surface area contributed by atoms with Crippen molar-refractivity contribution in [2.75, 3.05) is 37.8 Å². The predicted molar refractivity (Wildman–Crippen MR) is 97.2 cm³/mol. The lowest BCUT2D eigenvalue weighted by Crippen LogP contribution is -2.41. The van der Waals surface area contributed by atoms with Crippen LogP contribution in [0.1, 0.15) is 19.3 Å². The Morgan fingerprint density at radius 3 is 2.92 bits per heavy atom. The molecule has 134 valence electrons. The molecule has 1 aromatic rings. The summed E-state index contributed by atoms with van der Waals surface area (Å²) < 4.78 is 25.4. The minimum Gasteiger partial charge on any atom is -0.310 e. The second kappa shape index (κ2) is 8.89. The highest BCUT2D eigenvalue weighted by Gasteiger charge is 2.25. The number of piperidine rings is 1. The van der Waals surface area contributed by atoms with Crippen LogP contribution in [0.4, 0.5) is 5.82 Å². The zero-order valence-electron chi connectivity index (χ0n) is 13.7. The van der Waals surface area contributed by atoms with Gasteiger partial charge in [-0.25, -0.2) is 18.1 Å². The van der Waals surface area contributed by atoms with E-state index in [-0.39, 0.29) is 11.8 Å². The topological polar surface area (TPSA) is 91.4 Å². The summed E-state index contributed by atoms with van der Waals surface area (Å²) in [4.78, 5) is 18.8. The lowest BCUT2D eigenvalue weighted by atomic mass is 9.97. The molecule has 1 unspecified atom stereocenters. The van der Waals surface area contributed by atoms with Crippen molar-refractivity contribution in [3.8, 4) is 0 Å². The fourth-order valence-corrected chi connectivity index (χ4v) is 3.46. The molecular weight excluding hydrogens is 396 g/mol. The van der Waals surface area contributed by atoms with E-state index in [4.69, 9.17) is 0 Å². The Morgan fingerprint density at radius 2 is 2.25 bits per heavy atom. The molecule has 0 radical (unpaired) electrons. The van der Waals surface area contributed by atoms with Gasteiger partial charge in [-0.3, -0.25) is 4.79 Å². The molecule has 2 N–H and O–H groups in total. The number of pyridine rings is 1. The summed E-state index contributed by atoms with van der Waals surface area (Å²) in [7, 11) is -3.13. The van der Waals surface area contributed by atoms with E-state index in [9.17, 15) is 13.2 Å². The van der Waals surface area contributed by atoms with Crippen LogP contribution in [0.15, 0.2) is 22.8 Å². The summed E-state index contributed by atoms with van der Waals surface area (Å²) in [6.45, 7) is 2.85. The fraction of sp³-hybridized carbons (Fsp3) is 0.600. The molecule has 1 atom stereocenters. The minimum atomic E-state index is -3.13. The van der Waals surface area contributed by atoms with Crippen molar-refractivity contribution in [2.45, 2.75) is 19.3 Å². The fourth-order valence-electron chi connectivity index (χ4n) is 2.71. The van der Waals surface area contributed by atoms with Crippen molar-refractivity contribution in [2.24, 2.45) is 5.92 Å². The van der Waals surface area contributed by atoms with Gasteiger partial charge in [-0.15, -0.1) is 0 Å². The van der Waals surface area contributed by atoms with Gasteiger partial charge in [0.25, 0.3) is 0 Å². The van der Waals surface area contributed by atoms with Crippen LogP contribution in [0, 0.1) is 5.92 Å². The largest absolute Gasteiger partial charge is 0.310 e. The molecule has 1 saturated heterocycles. The maximum Gasteiger partial charge on any atom is 0.229 e. The van der Waals surface area contributed by atoms with Gasteiger partial charge in [0.2, 0.25) is 15.9 Å². The number of nitrogens with zero attached hydrogens (tertiary/aromatic N) is 2. The highest BCUT2D eigenvalue weighted by molar-refractivity contribution is 9.10. The molecule has 2 heterocycles. The Hall–Kier alpha value is -1.03. The third-order valence-corrected chi connectivity index (χ3v) is 5.07. The van der Waals surface area contributed by atoms with E-state index in [1.54, 1.807) is 12.3 Å². The Labute approximate surface area is 151 Å². The number of hydrogen-bond acceptors (Lipinski definition) is 5. The van der Waals surface area contributed by atoms with Crippen LogP contribution in [0.5, 0.6) is 0 Å². The summed E-state index contributed by atoms with van der Waals surface area (Å²) in [6.07, 6.45) is 5.36. The molecule has 2 rings (SSSR count). The first-order valence-corrected chi connectivity index (χ1v) is 10.6. The Kier molecular flexibility index (Phi) is 7.15. The summed E-state index contributed by atoms with van der Waals surface area (Å²) in [5.41, 5.74) is 0. The zero-order valence-corrected chi connectivity index (χ0v) is 16.1. The molecule has 0 bridgehead atoms. The van der Waals surface area contributed by atoms with Crippen LogP contribution in [-0.2, 0) is 14.8 Å². The number of anilines is 1. The number of aromatic nitrogens is 1. The number of rotatable bonds is 7. The molecule has 1 aliphatic heterocycles. The lowest BCUT2D eigenvalue weighted by Gasteiger charge is -2.31. The first-order valence-electron chi connectivity index (χ1n) is 7.93. The van der Waals surface area contributed by atoms with Gasteiger partial charge in [0.15, 0.2) is 0 Å². The molecule has 0 saturated carbocycles. The molecule has 1 aromatic heterocycles. The van der Waals surface area contributed by atoms with Crippen molar-refractivity contribution in [3.63, 3.8) is 0 Å². The first-order chi connectivity index (χ1) is 11.3. The first kappa shape index (κ1) is 19.3. The van der Waals surface area contributed by atoms with Crippen LogP contribution in [-0.4, -0.2) is 56.6 Å². The number of hydrogen-bond donors (Lipinski definition) is 2. The number of carbonyl (C=O) groups is 1. The molecule has 9 heteroatoms. The third kappa shape index (κ3) is 6.84.